The van der Waals surface area contributed by atoms with Gasteiger partial charge >= 0.3 is 10.1 Å². The van der Waals surface area contributed by atoms with Gasteiger partial charge < -0.3 is 9.50 Å². The molecule has 7 nitrogen and oxygen atoms in total. The van der Waals surface area contributed by atoms with Crippen LogP contribution in [0, 0.1) is 20.8 Å². The molecular weight excluding hydrogens is 422 g/mol. The van der Waals surface area contributed by atoms with Crippen molar-refractivity contribution in [1.82, 2.24) is 5.32 Å². The minimum Gasteiger partial charge on any atom is -0.379 e. The Bertz CT molecular complexity index is 1120. The van der Waals surface area contributed by atoms with Crippen molar-refractivity contribution in [2.45, 2.75) is 44.3 Å². The molecule has 1 aliphatic rings. The van der Waals surface area contributed by atoms with Gasteiger partial charge in [-0.3, -0.25) is 4.79 Å². The molecule has 1 saturated heterocycles. The van der Waals surface area contributed by atoms with Crippen LogP contribution < -0.4 is 9.50 Å². The van der Waals surface area contributed by atoms with Gasteiger partial charge in [0.05, 0.1) is 11.5 Å². The van der Waals surface area contributed by atoms with E-state index in [-0.39, 0.29) is 21.8 Å². The van der Waals surface area contributed by atoms with Crippen LogP contribution in [0.1, 0.15) is 35.6 Å². The lowest BCUT2D eigenvalue weighted by Gasteiger charge is -2.13. The Morgan fingerprint density at radius 3 is 2.50 bits per heavy atom. The molecule has 2 aromatic carbocycles. The largest absolute Gasteiger partial charge is 0.379 e. The summed E-state index contributed by atoms with van der Waals surface area (Å²) >= 11 is 1.34. The quantitative estimate of drug-likeness (QED) is 0.415. The van der Waals surface area contributed by atoms with E-state index in [9.17, 15) is 13.2 Å². The molecular formula is C21H23N3O4S2. The zero-order valence-corrected chi connectivity index (χ0v) is 18.8. The topological polar surface area (TPSA) is 97.2 Å². The molecule has 3 rings (SSSR count). The van der Waals surface area contributed by atoms with Gasteiger partial charge in [-0.05, 0) is 56.0 Å². The van der Waals surface area contributed by atoms with E-state index in [1.54, 1.807) is 38.1 Å². The Morgan fingerprint density at radius 2 is 1.87 bits per heavy atom. The van der Waals surface area contributed by atoms with Crippen molar-refractivity contribution in [3.05, 3.63) is 58.7 Å². The molecule has 1 N–H and O–H groups in total. The van der Waals surface area contributed by atoms with E-state index in [1.165, 1.54) is 18.0 Å². The predicted octanol–water partition coefficient (Wildman–Crippen LogP) is 3.71. The Balaban J connectivity index is 1.77. The number of carbonyl (C=O) groups is 1. The molecule has 0 saturated carbocycles. The van der Waals surface area contributed by atoms with Crippen LogP contribution in [-0.4, -0.2) is 31.0 Å². The first-order valence-electron chi connectivity index (χ1n) is 9.40. The van der Waals surface area contributed by atoms with Crippen LogP contribution in [-0.2, 0) is 14.9 Å². The van der Waals surface area contributed by atoms with E-state index in [4.69, 9.17) is 4.18 Å². The average Bonchev–Trinajstić information content (AvgIpc) is 3.00. The van der Waals surface area contributed by atoms with Crippen molar-refractivity contribution in [1.29, 1.82) is 0 Å². The summed E-state index contributed by atoms with van der Waals surface area (Å²) in [5.74, 6) is 0.110. The number of benzene rings is 2. The highest BCUT2D eigenvalue weighted by Gasteiger charge is 2.28. The second-order valence-corrected chi connectivity index (χ2v) is 9.67. The minimum absolute atomic E-state index is 0.0706. The maximum absolute atomic E-state index is 12.8. The molecule has 1 heterocycles. The van der Waals surface area contributed by atoms with E-state index in [1.807, 2.05) is 26.0 Å². The summed E-state index contributed by atoms with van der Waals surface area (Å²) in [6, 6.07) is 10.2. The van der Waals surface area contributed by atoms with Crippen LogP contribution in [0.4, 0.5) is 0 Å². The number of nitrogens with zero attached hydrogens (tertiary/aromatic N) is 2. The molecule has 1 atom stereocenters. The lowest BCUT2D eigenvalue weighted by atomic mass is 10.1. The van der Waals surface area contributed by atoms with Crippen LogP contribution in [0.3, 0.4) is 0 Å². The molecule has 0 radical (unpaired) electrons. The van der Waals surface area contributed by atoms with E-state index < -0.39 is 10.1 Å². The van der Waals surface area contributed by atoms with Gasteiger partial charge in [0.1, 0.15) is 10.6 Å². The summed E-state index contributed by atoms with van der Waals surface area (Å²) in [6.07, 6.45) is 2.19. The number of amides is 1. The van der Waals surface area contributed by atoms with Gasteiger partial charge in [-0.2, -0.15) is 13.5 Å². The minimum atomic E-state index is -3.98. The molecule has 0 spiro atoms. The summed E-state index contributed by atoms with van der Waals surface area (Å²) in [4.78, 5) is 11.9. The van der Waals surface area contributed by atoms with Crippen molar-refractivity contribution in [2.24, 2.45) is 10.2 Å². The number of amidine groups is 1. The zero-order valence-electron chi connectivity index (χ0n) is 17.2. The van der Waals surface area contributed by atoms with Crippen molar-refractivity contribution in [3.8, 4) is 5.75 Å². The molecule has 0 bridgehead atoms. The molecule has 1 amide bonds. The normalized spacial score (nSPS) is 18.2. The third kappa shape index (κ3) is 5.09. The SMILES string of the molecule is CCC1S/C(=N\N=C\c2cccc(OS(=O)(=O)c3c(C)cc(C)cc3C)c2)NC1=O. The van der Waals surface area contributed by atoms with Gasteiger partial charge in [0.15, 0.2) is 5.17 Å². The van der Waals surface area contributed by atoms with Crippen LogP contribution in [0.5, 0.6) is 5.75 Å². The van der Waals surface area contributed by atoms with E-state index in [0.29, 0.717) is 28.3 Å². The van der Waals surface area contributed by atoms with Gasteiger partial charge in [-0.15, -0.1) is 5.10 Å². The van der Waals surface area contributed by atoms with Gasteiger partial charge in [0, 0.05) is 0 Å². The smallest absolute Gasteiger partial charge is 0.339 e. The van der Waals surface area contributed by atoms with Crippen LogP contribution in [0.25, 0.3) is 0 Å². The third-order valence-electron chi connectivity index (χ3n) is 4.42. The molecule has 0 aromatic heterocycles. The van der Waals surface area contributed by atoms with Crippen LogP contribution in [0.15, 0.2) is 51.5 Å². The summed E-state index contributed by atoms with van der Waals surface area (Å²) in [5, 5.41) is 11.0. The van der Waals surface area contributed by atoms with Crippen molar-refractivity contribution in [2.75, 3.05) is 0 Å². The lowest BCUT2D eigenvalue weighted by molar-refractivity contribution is -0.118. The fourth-order valence-corrected chi connectivity index (χ4v) is 5.45. The first-order valence-corrected chi connectivity index (χ1v) is 11.7. The number of thioether (sulfide) groups is 1. The summed E-state index contributed by atoms with van der Waals surface area (Å²) in [7, 11) is -3.98. The highest BCUT2D eigenvalue weighted by atomic mass is 32.2. The molecule has 9 heteroatoms. The molecule has 0 aliphatic carbocycles. The Kier molecular flexibility index (Phi) is 6.62. The molecule has 30 heavy (non-hydrogen) atoms. The van der Waals surface area contributed by atoms with Crippen LogP contribution in [0.2, 0.25) is 0 Å². The summed E-state index contributed by atoms with van der Waals surface area (Å²) < 4.78 is 31.0. The average molecular weight is 446 g/mol. The first kappa shape index (κ1) is 22.0. The number of aryl methyl sites for hydroxylation is 3. The van der Waals surface area contributed by atoms with Gasteiger partial charge in [0.25, 0.3) is 0 Å². The predicted molar refractivity (Wildman–Crippen MR) is 120 cm³/mol. The number of nitrogens with one attached hydrogen (secondary N) is 1. The Morgan fingerprint density at radius 1 is 1.17 bits per heavy atom. The maximum Gasteiger partial charge on any atom is 0.339 e. The maximum atomic E-state index is 12.8. The van der Waals surface area contributed by atoms with Crippen molar-refractivity contribution < 1.29 is 17.4 Å². The number of carbonyl (C=O) groups excluding carboxylic acids is 1. The van der Waals surface area contributed by atoms with E-state index >= 15 is 0 Å². The second kappa shape index (κ2) is 9.01. The zero-order chi connectivity index (χ0) is 21.9. The molecule has 1 unspecified atom stereocenters. The van der Waals surface area contributed by atoms with Crippen LogP contribution >= 0.6 is 11.8 Å². The fraction of sp³-hybridized carbons (Fsp3) is 0.286. The Labute approximate surface area is 180 Å². The monoisotopic (exact) mass is 445 g/mol. The van der Waals surface area contributed by atoms with Crippen molar-refractivity contribution in [3.63, 3.8) is 0 Å². The highest BCUT2D eigenvalue weighted by molar-refractivity contribution is 8.15. The Hall–Kier alpha value is -2.65. The van der Waals surface area contributed by atoms with Crippen molar-refractivity contribution >= 4 is 39.2 Å². The van der Waals surface area contributed by atoms with Gasteiger partial charge in [-0.25, -0.2) is 0 Å². The lowest BCUT2D eigenvalue weighted by Crippen LogP contribution is -2.24. The number of rotatable bonds is 6. The molecule has 2 aromatic rings. The first-order chi connectivity index (χ1) is 14.2. The molecule has 1 aliphatic heterocycles. The van der Waals surface area contributed by atoms with E-state index in [2.05, 4.69) is 15.5 Å². The third-order valence-corrected chi connectivity index (χ3v) is 7.22. The standard InChI is InChI=1S/C21H23N3O4S2/c1-5-18-20(25)23-21(29-18)24-22-12-16-7-6-8-17(11-16)28-30(26,27)19-14(3)9-13(2)10-15(19)4/h6-12,18H,5H2,1-4H3,(H,23,24,25)/b22-12+. The number of hydrogen-bond acceptors (Lipinski definition) is 7. The summed E-state index contributed by atoms with van der Waals surface area (Å²) in [5.41, 5.74) is 2.89. The van der Waals surface area contributed by atoms with E-state index in [0.717, 1.165) is 5.56 Å². The molecule has 158 valence electrons. The summed E-state index contributed by atoms with van der Waals surface area (Å²) in [6.45, 7) is 7.35. The van der Waals surface area contributed by atoms with Gasteiger partial charge in [0.2, 0.25) is 5.91 Å². The number of hydrogen-bond donors (Lipinski definition) is 1. The second-order valence-electron chi connectivity index (χ2n) is 6.99. The van der Waals surface area contributed by atoms with Gasteiger partial charge in [-0.1, -0.05) is 48.5 Å². The molecule has 1 fully saturated rings. The fourth-order valence-electron chi connectivity index (χ4n) is 3.25. The highest BCUT2D eigenvalue weighted by Crippen LogP contribution is 2.26.